The van der Waals surface area contributed by atoms with Gasteiger partial charge in [0.25, 0.3) is 0 Å². The van der Waals surface area contributed by atoms with Gasteiger partial charge in [0.05, 0.1) is 0 Å². The van der Waals surface area contributed by atoms with E-state index in [0.717, 1.165) is 0 Å². The molecular weight excluding hydrogens is 296 g/mol. The summed E-state index contributed by atoms with van der Waals surface area (Å²) in [4.78, 5) is 0. The van der Waals surface area contributed by atoms with Gasteiger partial charge in [0.15, 0.2) is 0 Å². The topological polar surface area (TPSA) is 55.4 Å². The van der Waals surface area contributed by atoms with E-state index in [2.05, 4.69) is 0 Å². The standard InChI is InChI=1S/C6H18O6Te/c1-7-13(8-2,9-3,10-4,11-5)12-6/h1-6H3. The Bertz CT molecular complexity index is 127. The van der Waals surface area contributed by atoms with E-state index in [4.69, 9.17) is 18.6 Å². The van der Waals surface area contributed by atoms with Crippen molar-refractivity contribution in [1.82, 2.24) is 0 Å². The van der Waals surface area contributed by atoms with E-state index in [1.807, 2.05) is 0 Å². The summed E-state index contributed by atoms with van der Waals surface area (Å²) in [6.07, 6.45) is 0. The molecule has 0 aromatic carbocycles. The van der Waals surface area contributed by atoms with Crippen LogP contribution in [0, 0.1) is 0 Å². The molecule has 0 atom stereocenters. The fraction of sp³-hybridized carbons (Fsp3) is 1.00. The van der Waals surface area contributed by atoms with Crippen molar-refractivity contribution in [3.05, 3.63) is 0 Å². The Morgan fingerprint density at radius 1 is 0.462 bits per heavy atom. The van der Waals surface area contributed by atoms with Gasteiger partial charge in [-0.15, -0.1) is 0 Å². The first-order valence-corrected chi connectivity index (χ1v) is 9.16. The summed E-state index contributed by atoms with van der Waals surface area (Å²) in [5.41, 5.74) is 0. The third kappa shape index (κ3) is 1.50. The van der Waals surface area contributed by atoms with Gasteiger partial charge in [-0.2, -0.15) is 0 Å². The minimum atomic E-state index is -5.55. The molecule has 84 valence electrons. The van der Waals surface area contributed by atoms with Crippen molar-refractivity contribution in [2.45, 2.75) is 0 Å². The molecule has 0 aliphatic heterocycles. The second kappa shape index (κ2) is 3.60. The van der Waals surface area contributed by atoms with Crippen LogP contribution in [0.5, 0.6) is 0 Å². The summed E-state index contributed by atoms with van der Waals surface area (Å²) in [6.45, 7) is 0. The molecule has 6 nitrogen and oxygen atoms in total. The molecule has 0 saturated carbocycles. The van der Waals surface area contributed by atoms with Crippen LogP contribution in [0.2, 0.25) is 0 Å². The molecule has 0 fully saturated rings. The van der Waals surface area contributed by atoms with Crippen molar-refractivity contribution in [3.63, 3.8) is 0 Å². The van der Waals surface area contributed by atoms with Crippen LogP contribution in [0.15, 0.2) is 0 Å². The summed E-state index contributed by atoms with van der Waals surface area (Å²) in [5, 5.41) is 0. The molecule has 0 radical (unpaired) electrons. The summed E-state index contributed by atoms with van der Waals surface area (Å²) < 4.78 is 30.8. The second-order valence-electron chi connectivity index (χ2n) is 2.02. The van der Waals surface area contributed by atoms with Crippen LogP contribution >= 0.6 is 0 Å². The fourth-order valence-electron chi connectivity index (χ4n) is 1.02. The molecule has 0 rings (SSSR count). The monoisotopic (exact) mass is 316 g/mol. The van der Waals surface area contributed by atoms with Crippen molar-refractivity contribution < 1.29 is 18.6 Å². The van der Waals surface area contributed by atoms with Gasteiger partial charge in [0, 0.05) is 0 Å². The van der Waals surface area contributed by atoms with Gasteiger partial charge in [-0.05, 0) is 0 Å². The van der Waals surface area contributed by atoms with Gasteiger partial charge in [0.1, 0.15) is 0 Å². The molecule has 0 aromatic rings. The van der Waals surface area contributed by atoms with Crippen LogP contribution in [-0.4, -0.2) is 60.6 Å². The molecule has 13 heavy (non-hydrogen) atoms. The summed E-state index contributed by atoms with van der Waals surface area (Å²) >= 11 is -5.55. The molecular formula is C6H18O6Te. The third-order valence-corrected chi connectivity index (χ3v) is 13.7. The van der Waals surface area contributed by atoms with E-state index < -0.39 is 17.9 Å². The number of hydrogen-bond donors (Lipinski definition) is 0. The van der Waals surface area contributed by atoms with Gasteiger partial charge in [-0.25, -0.2) is 0 Å². The van der Waals surface area contributed by atoms with Crippen LogP contribution in [0.25, 0.3) is 0 Å². The first-order valence-electron chi connectivity index (χ1n) is 3.45. The minimum absolute atomic E-state index is 1.34. The van der Waals surface area contributed by atoms with Crippen molar-refractivity contribution in [2.75, 3.05) is 42.7 Å². The predicted molar refractivity (Wildman–Crippen MR) is 47.8 cm³/mol. The molecule has 0 spiro atoms. The Labute approximate surface area is 79.4 Å². The predicted octanol–water partition coefficient (Wildman–Crippen LogP) is 0.202. The van der Waals surface area contributed by atoms with Gasteiger partial charge in [-0.1, -0.05) is 0 Å². The first kappa shape index (κ1) is 13.5. The molecule has 0 amide bonds. The summed E-state index contributed by atoms with van der Waals surface area (Å²) in [7, 11) is 8.05. The Balaban J connectivity index is 5.51. The van der Waals surface area contributed by atoms with Crippen molar-refractivity contribution >= 4 is 17.9 Å². The molecule has 7 heteroatoms. The Morgan fingerprint density at radius 3 is 0.615 bits per heavy atom. The van der Waals surface area contributed by atoms with E-state index in [9.17, 15) is 0 Å². The van der Waals surface area contributed by atoms with Crippen molar-refractivity contribution in [3.8, 4) is 0 Å². The van der Waals surface area contributed by atoms with Crippen LogP contribution in [0.3, 0.4) is 0 Å². The first-order chi connectivity index (χ1) is 5.97. The van der Waals surface area contributed by atoms with Gasteiger partial charge < -0.3 is 0 Å². The van der Waals surface area contributed by atoms with Crippen LogP contribution in [-0.2, 0) is 18.6 Å². The van der Waals surface area contributed by atoms with E-state index >= 15 is 0 Å². The summed E-state index contributed by atoms with van der Waals surface area (Å²) in [5.74, 6) is 0. The normalized spacial score (nSPS) is 18.0. The molecule has 0 heterocycles. The van der Waals surface area contributed by atoms with E-state index in [0.29, 0.717) is 0 Å². The molecule has 0 aliphatic rings. The maximum atomic E-state index is 5.14. The second-order valence-corrected chi connectivity index (χ2v) is 13.6. The average Bonchev–Trinajstić information content (AvgIpc) is 2.26. The molecule has 0 aromatic heterocycles. The van der Waals surface area contributed by atoms with Crippen molar-refractivity contribution in [2.24, 2.45) is 0 Å². The molecule has 0 bridgehead atoms. The fourth-order valence-corrected chi connectivity index (χ4v) is 6.85. The van der Waals surface area contributed by atoms with Crippen LogP contribution in [0.1, 0.15) is 0 Å². The van der Waals surface area contributed by atoms with Crippen molar-refractivity contribution in [1.29, 1.82) is 0 Å². The van der Waals surface area contributed by atoms with E-state index in [-0.39, 0.29) is 0 Å². The summed E-state index contributed by atoms with van der Waals surface area (Å²) in [6, 6.07) is 0. The molecule has 0 unspecified atom stereocenters. The van der Waals surface area contributed by atoms with Gasteiger partial charge in [-0.3, -0.25) is 0 Å². The zero-order chi connectivity index (χ0) is 10.7. The SMILES string of the molecule is CO[Te](OC)(OC)(OC)(OC)OC. The quantitative estimate of drug-likeness (QED) is 0.653. The van der Waals surface area contributed by atoms with Crippen LogP contribution < -0.4 is 0 Å². The maximum absolute atomic E-state index is 5.55. The Hall–Kier alpha value is 0.550. The Morgan fingerprint density at radius 2 is 0.615 bits per heavy atom. The molecule has 0 saturated heterocycles. The van der Waals surface area contributed by atoms with Gasteiger partial charge >= 0.3 is 79.2 Å². The number of hydrogen-bond acceptors (Lipinski definition) is 6. The Kier molecular flexibility index (Phi) is 3.76. The molecule has 0 N–H and O–H groups in total. The third-order valence-electron chi connectivity index (χ3n) is 2.04. The van der Waals surface area contributed by atoms with E-state index in [1.54, 1.807) is 0 Å². The van der Waals surface area contributed by atoms with Crippen LogP contribution in [0.4, 0.5) is 0 Å². The van der Waals surface area contributed by atoms with E-state index in [1.165, 1.54) is 42.7 Å². The average molecular weight is 314 g/mol. The zero-order valence-electron chi connectivity index (χ0n) is 8.86. The zero-order valence-corrected chi connectivity index (χ0v) is 11.2. The number of rotatable bonds is 6. The molecule has 0 aliphatic carbocycles. The van der Waals surface area contributed by atoms with Gasteiger partial charge in [0.2, 0.25) is 0 Å².